The Kier molecular flexibility index (Phi) is 3.18. The molecule has 1 heterocycles. The molecule has 102 valence electrons. The van der Waals surface area contributed by atoms with Gasteiger partial charge < -0.3 is 10.3 Å². The molecule has 2 N–H and O–H groups in total. The summed E-state index contributed by atoms with van der Waals surface area (Å²) in [6.45, 7) is 5.22. The lowest BCUT2D eigenvalue weighted by Gasteiger charge is -2.09. The Balaban J connectivity index is 2.29. The first kappa shape index (κ1) is 12.7. The number of para-hydroxylation sites is 1. The molecule has 2 aromatic carbocycles. The number of aryl methyl sites for hydroxylation is 2. The molecule has 0 fully saturated rings. The van der Waals surface area contributed by atoms with Crippen molar-refractivity contribution in [2.24, 2.45) is 0 Å². The van der Waals surface area contributed by atoms with E-state index < -0.39 is 0 Å². The van der Waals surface area contributed by atoms with Gasteiger partial charge in [-0.1, -0.05) is 25.1 Å². The standard InChI is InChI=1S/C17H19N3/c1-3-10-20-16-9-8-12(2)11-15(16)19-17(20)13-6-4-5-7-14(13)18/h4-9,11H,3,10,18H2,1-2H3. The van der Waals surface area contributed by atoms with Gasteiger partial charge in [-0.15, -0.1) is 0 Å². The largest absolute Gasteiger partial charge is 0.398 e. The van der Waals surface area contributed by atoms with Crippen molar-refractivity contribution in [1.29, 1.82) is 0 Å². The topological polar surface area (TPSA) is 43.8 Å². The van der Waals surface area contributed by atoms with Gasteiger partial charge in [-0.25, -0.2) is 4.98 Å². The number of anilines is 1. The number of aromatic nitrogens is 2. The Hall–Kier alpha value is -2.29. The van der Waals surface area contributed by atoms with Crippen molar-refractivity contribution in [2.45, 2.75) is 26.8 Å². The van der Waals surface area contributed by atoms with E-state index in [0.717, 1.165) is 35.6 Å². The van der Waals surface area contributed by atoms with Crippen molar-refractivity contribution in [1.82, 2.24) is 9.55 Å². The highest BCUT2D eigenvalue weighted by Crippen LogP contribution is 2.29. The second-order valence-electron chi connectivity index (χ2n) is 5.17. The number of imidazole rings is 1. The van der Waals surface area contributed by atoms with Crippen LogP contribution < -0.4 is 5.73 Å². The van der Waals surface area contributed by atoms with Crippen LogP contribution in [0.15, 0.2) is 42.5 Å². The van der Waals surface area contributed by atoms with Gasteiger partial charge in [0.2, 0.25) is 0 Å². The third-order valence-corrected chi connectivity index (χ3v) is 3.55. The van der Waals surface area contributed by atoms with E-state index in [-0.39, 0.29) is 0 Å². The Labute approximate surface area is 119 Å². The van der Waals surface area contributed by atoms with Crippen molar-refractivity contribution in [3.63, 3.8) is 0 Å². The highest BCUT2D eigenvalue weighted by atomic mass is 15.1. The molecule has 0 aliphatic heterocycles. The molecule has 0 radical (unpaired) electrons. The van der Waals surface area contributed by atoms with Gasteiger partial charge in [-0.3, -0.25) is 0 Å². The number of benzene rings is 2. The minimum Gasteiger partial charge on any atom is -0.398 e. The fourth-order valence-electron chi connectivity index (χ4n) is 2.60. The molecule has 0 spiro atoms. The van der Waals surface area contributed by atoms with Crippen molar-refractivity contribution in [3.05, 3.63) is 48.0 Å². The summed E-state index contributed by atoms with van der Waals surface area (Å²) >= 11 is 0. The predicted molar refractivity (Wildman–Crippen MR) is 84.6 cm³/mol. The number of hydrogen-bond acceptors (Lipinski definition) is 2. The second kappa shape index (κ2) is 5.00. The number of nitrogens with zero attached hydrogens (tertiary/aromatic N) is 2. The lowest BCUT2D eigenvalue weighted by molar-refractivity contribution is 0.704. The van der Waals surface area contributed by atoms with Gasteiger partial charge in [0.05, 0.1) is 11.0 Å². The van der Waals surface area contributed by atoms with E-state index in [2.05, 4.69) is 36.6 Å². The Bertz CT molecular complexity index is 756. The molecule has 20 heavy (non-hydrogen) atoms. The second-order valence-corrected chi connectivity index (χ2v) is 5.17. The van der Waals surface area contributed by atoms with Gasteiger partial charge in [0.15, 0.2) is 0 Å². The first-order valence-corrected chi connectivity index (χ1v) is 7.02. The highest BCUT2D eigenvalue weighted by Gasteiger charge is 2.13. The first-order valence-electron chi connectivity index (χ1n) is 7.02. The third kappa shape index (κ3) is 2.05. The lowest BCUT2D eigenvalue weighted by atomic mass is 10.1. The van der Waals surface area contributed by atoms with Crippen molar-refractivity contribution in [2.75, 3.05) is 5.73 Å². The fourth-order valence-corrected chi connectivity index (χ4v) is 2.60. The number of nitrogens with two attached hydrogens (primary N) is 1. The van der Waals surface area contributed by atoms with Crippen LogP contribution in [-0.2, 0) is 6.54 Å². The van der Waals surface area contributed by atoms with Gasteiger partial charge >= 0.3 is 0 Å². The Morgan fingerprint density at radius 3 is 2.70 bits per heavy atom. The summed E-state index contributed by atoms with van der Waals surface area (Å²) in [5.74, 6) is 0.963. The first-order chi connectivity index (χ1) is 9.70. The Morgan fingerprint density at radius 2 is 1.95 bits per heavy atom. The van der Waals surface area contributed by atoms with E-state index in [0.29, 0.717) is 0 Å². The normalized spacial score (nSPS) is 11.1. The summed E-state index contributed by atoms with van der Waals surface area (Å²) < 4.78 is 2.26. The van der Waals surface area contributed by atoms with Crippen LogP contribution in [0.3, 0.4) is 0 Å². The molecule has 0 amide bonds. The zero-order valence-corrected chi connectivity index (χ0v) is 11.9. The molecule has 3 rings (SSSR count). The molecule has 0 saturated carbocycles. The average molecular weight is 265 g/mol. The van der Waals surface area contributed by atoms with Gasteiger partial charge in [0.1, 0.15) is 5.82 Å². The molecule has 0 bridgehead atoms. The summed E-state index contributed by atoms with van der Waals surface area (Å²) in [4.78, 5) is 4.81. The molecule has 0 unspecified atom stereocenters. The fraction of sp³-hybridized carbons (Fsp3) is 0.235. The molecular weight excluding hydrogens is 246 g/mol. The highest BCUT2D eigenvalue weighted by molar-refractivity contribution is 5.84. The average Bonchev–Trinajstić information content (AvgIpc) is 2.77. The van der Waals surface area contributed by atoms with Crippen LogP contribution in [0.1, 0.15) is 18.9 Å². The number of nitrogen functional groups attached to an aromatic ring is 1. The van der Waals surface area contributed by atoms with Gasteiger partial charge in [-0.05, 0) is 43.2 Å². The van der Waals surface area contributed by atoms with E-state index in [1.807, 2.05) is 24.3 Å². The SMILES string of the molecule is CCCn1c(-c2ccccc2N)nc2cc(C)ccc21. The monoisotopic (exact) mass is 265 g/mol. The summed E-state index contributed by atoms with van der Waals surface area (Å²) in [7, 11) is 0. The quantitative estimate of drug-likeness (QED) is 0.727. The van der Waals surface area contributed by atoms with Gasteiger partial charge in [-0.2, -0.15) is 0 Å². The minimum atomic E-state index is 0.775. The maximum atomic E-state index is 6.12. The zero-order valence-electron chi connectivity index (χ0n) is 11.9. The summed E-state index contributed by atoms with van der Waals surface area (Å²) in [6, 6.07) is 14.3. The Morgan fingerprint density at radius 1 is 1.15 bits per heavy atom. The third-order valence-electron chi connectivity index (χ3n) is 3.55. The maximum Gasteiger partial charge on any atom is 0.143 e. The summed E-state index contributed by atoms with van der Waals surface area (Å²) in [5, 5.41) is 0. The van der Waals surface area contributed by atoms with E-state index in [1.54, 1.807) is 0 Å². The molecule has 0 aliphatic rings. The van der Waals surface area contributed by atoms with Crippen molar-refractivity contribution in [3.8, 4) is 11.4 Å². The van der Waals surface area contributed by atoms with Crippen molar-refractivity contribution < 1.29 is 0 Å². The van der Waals surface area contributed by atoms with Crippen LogP contribution in [-0.4, -0.2) is 9.55 Å². The molecule has 3 aromatic rings. The van der Waals surface area contributed by atoms with Crippen LogP contribution in [0.5, 0.6) is 0 Å². The molecule has 1 aromatic heterocycles. The number of fused-ring (bicyclic) bond motifs is 1. The van der Waals surface area contributed by atoms with Crippen LogP contribution >= 0.6 is 0 Å². The van der Waals surface area contributed by atoms with Crippen LogP contribution in [0.4, 0.5) is 5.69 Å². The minimum absolute atomic E-state index is 0.775. The van der Waals surface area contributed by atoms with Gasteiger partial charge in [0.25, 0.3) is 0 Å². The van der Waals surface area contributed by atoms with E-state index >= 15 is 0 Å². The lowest BCUT2D eigenvalue weighted by Crippen LogP contribution is -2.01. The predicted octanol–water partition coefficient (Wildman–Crippen LogP) is 4.00. The molecule has 3 nitrogen and oxygen atoms in total. The van der Waals surface area contributed by atoms with E-state index in [9.17, 15) is 0 Å². The van der Waals surface area contributed by atoms with E-state index in [1.165, 1.54) is 11.1 Å². The summed E-state index contributed by atoms with van der Waals surface area (Å²) in [5.41, 5.74) is 11.3. The van der Waals surface area contributed by atoms with E-state index in [4.69, 9.17) is 10.7 Å². The maximum absolute atomic E-state index is 6.12. The van der Waals surface area contributed by atoms with Crippen LogP contribution in [0, 0.1) is 6.92 Å². The molecule has 0 aliphatic carbocycles. The molecule has 0 saturated heterocycles. The van der Waals surface area contributed by atoms with Crippen molar-refractivity contribution >= 4 is 16.7 Å². The number of hydrogen-bond donors (Lipinski definition) is 1. The number of rotatable bonds is 3. The molecular formula is C17H19N3. The van der Waals surface area contributed by atoms with Crippen LogP contribution in [0.2, 0.25) is 0 Å². The zero-order chi connectivity index (χ0) is 14.1. The molecule has 3 heteroatoms. The van der Waals surface area contributed by atoms with Gasteiger partial charge in [0, 0.05) is 17.8 Å². The molecule has 0 atom stereocenters. The van der Waals surface area contributed by atoms with Crippen LogP contribution in [0.25, 0.3) is 22.4 Å². The summed E-state index contributed by atoms with van der Waals surface area (Å²) in [6.07, 6.45) is 1.07. The smallest absolute Gasteiger partial charge is 0.143 e.